The Morgan fingerprint density at radius 3 is 2.69 bits per heavy atom. The second kappa shape index (κ2) is 6.01. The van der Waals surface area contributed by atoms with Crippen LogP contribution in [-0.2, 0) is 13.5 Å². The van der Waals surface area contributed by atoms with E-state index < -0.39 is 0 Å². The normalized spacial score (nSPS) is 15.0. The molecule has 16 heavy (non-hydrogen) atoms. The molecule has 3 N–H and O–H groups in total. The lowest BCUT2D eigenvalue weighted by atomic mass is 9.79. The molecule has 0 fully saturated rings. The molecule has 0 bridgehead atoms. The van der Waals surface area contributed by atoms with Gasteiger partial charge in [-0.05, 0) is 25.3 Å². The molecule has 1 rings (SSSR count). The van der Waals surface area contributed by atoms with Crippen LogP contribution in [-0.4, -0.2) is 28.0 Å². The van der Waals surface area contributed by atoms with E-state index in [9.17, 15) is 5.11 Å². The van der Waals surface area contributed by atoms with Crippen LogP contribution in [0.3, 0.4) is 0 Å². The highest BCUT2D eigenvalue weighted by Gasteiger charge is 2.26. The van der Waals surface area contributed by atoms with E-state index in [1.54, 1.807) is 6.20 Å². The predicted molar refractivity (Wildman–Crippen MR) is 65.0 cm³/mol. The number of rotatable bonds is 7. The molecule has 1 unspecified atom stereocenters. The summed E-state index contributed by atoms with van der Waals surface area (Å²) in [7, 11) is 1.94. The molecule has 4 nitrogen and oxygen atoms in total. The zero-order chi connectivity index (χ0) is 12.0. The van der Waals surface area contributed by atoms with Crippen molar-refractivity contribution in [1.82, 2.24) is 9.78 Å². The van der Waals surface area contributed by atoms with E-state index in [2.05, 4.69) is 12.0 Å². The number of nitrogens with zero attached hydrogens (tertiary/aromatic N) is 2. The smallest absolute Gasteiger partial charge is 0.0499 e. The molecule has 0 aliphatic rings. The van der Waals surface area contributed by atoms with Crippen molar-refractivity contribution in [2.75, 3.05) is 13.2 Å². The summed E-state index contributed by atoms with van der Waals surface area (Å²) in [6, 6.07) is 2.02. The van der Waals surface area contributed by atoms with Gasteiger partial charge in [-0.3, -0.25) is 4.68 Å². The molecule has 0 saturated carbocycles. The number of hydrogen-bond donors (Lipinski definition) is 2. The fourth-order valence-corrected chi connectivity index (χ4v) is 2.12. The van der Waals surface area contributed by atoms with Gasteiger partial charge in [0.2, 0.25) is 0 Å². The summed E-state index contributed by atoms with van der Waals surface area (Å²) in [6.45, 7) is 2.86. The average Bonchev–Trinajstić information content (AvgIpc) is 2.70. The van der Waals surface area contributed by atoms with Crippen LogP contribution in [0.4, 0.5) is 0 Å². The largest absolute Gasteiger partial charge is 0.396 e. The fourth-order valence-electron chi connectivity index (χ4n) is 2.12. The SMILES string of the molecule is CCCC(CN)(CO)CCc1ccnn1C. The lowest BCUT2D eigenvalue weighted by Crippen LogP contribution is -2.35. The molecule has 92 valence electrons. The van der Waals surface area contributed by atoms with Crippen molar-refractivity contribution in [3.63, 3.8) is 0 Å². The first-order valence-electron chi connectivity index (χ1n) is 5.95. The van der Waals surface area contributed by atoms with Crippen molar-refractivity contribution < 1.29 is 5.11 Å². The highest BCUT2D eigenvalue weighted by atomic mass is 16.3. The maximum atomic E-state index is 9.50. The molecule has 1 aromatic heterocycles. The Labute approximate surface area is 97.5 Å². The van der Waals surface area contributed by atoms with Gasteiger partial charge in [-0.25, -0.2) is 0 Å². The maximum absolute atomic E-state index is 9.50. The lowest BCUT2D eigenvalue weighted by Gasteiger charge is -2.30. The van der Waals surface area contributed by atoms with E-state index in [4.69, 9.17) is 5.73 Å². The van der Waals surface area contributed by atoms with Crippen molar-refractivity contribution >= 4 is 0 Å². The number of aryl methyl sites for hydroxylation is 2. The topological polar surface area (TPSA) is 64.1 Å². The number of aromatic nitrogens is 2. The lowest BCUT2D eigenvalue weighted by molar-refractivity contribution is 0.111. The molecule has 1 heterocycles. The van der Waals surface area contributed by atoms with Gasteiger partial charge in [0.15, 0.2) is 0 Å². The maximum Gasteiger partial charge on any atom is 0.0499 e. The standard InChI is InChI=1S/C12H23N3O/c1-3-6-12(9-13,10-16)7-4-11-5-8-14-15(11)2/h5,8,16H,3-4,6-7,9-10,13H2,1-2H3. The first-order valence-corrected chi connectivity index (χ1v) is 5.95. The predicted octanol–water partition coefficient (Wildman–Crippen LogP) is 1.09. The molecule has 0 aliphatic heterocycles. The Morgan fingerprint density at radius 2 is 2.25 bits per heavy atom. The molecule has 0 aromatic carbocycles. The zero-order valence-electron chi connectivity index (χ0n) is 10.3. The van der Waals surface area contributed by atoms with Crippen molar-refractivity contribution in [2.45, 2.75) is 32.6 Å². The molecule has 0 amide bonds. The summed E-state index contributed by atoms with van der Waals surface area (Å²) < 4.78 is 1.88. The molecule has 1 aromatic rings. The van der Waals surface area contributed by atoms with Gasteiger partial charge in [0.1, 0.15) is 0 Å². The van der Waals surface area contributed by atoms with E-state index in [1.165, 1.54) is 5.69 Å². The molecule has 4 heteroatoms. The third kappa shape index (κ3) is 3.06. The van der Waals surface area contributed by atoms with Crippen molar-refractivity contribution in [3.8, 4) is 0 Å². The molecular weight excluding hydrogens is 202 g/mol. The Balaban J connectivity index is 2.59. The number of aliphatic hydroxyl groups excluding tert-OH is 1. The Hall–Kier alpha value is -0.870. The van der Waals surface area contributed by atoms with Crippen molar-refractivity contribution in [1.29, 1.82) is 0 Å². The van der Waals surface area contributed by atoms with E-state index in [0.717, 1.165) is 25.7 Å². The van der Waals surface area contributed by atoms with Crippen LogP contribution < -0.4 is 5.73 Å². The highest BCUT2D eigenvalue weighted by molar-refractivity contribution is 5.01. The van der Waals surface area contributed by atoms with Crippen LogP contribution in [0.15, 0.2) is 12.3 Å². The van der Waals surface area contributed by atoms with Gasteiger partial charge < -0.3 is 10.8 Å². The molecule has 0 spiro atoms. The first-order chi connectivity index (χ1) is 7.67. The minimum absolute atomic E-state index is 0.112. The molecule has 0 saturated heterocycles. The summed E-state index contributed by atoms with van der Waals surface area (Å²) in [4.78, 5) is 0. The summed E-state index contributed by atoms with van der Waals surface area (Å²) in [5, 5.41) is 13.6. The van der Waals surface area contributed by atoms with Gasteiger partial charge in [0.25, 0.3) is 0 Å². The van der Waals surface area contributed by atoms with Gasteiger partial charge in [-0.15, -0.1) is 0 Å². The van der Waals surface area contributed by atoms with Crippen LogP contribution in [0.2, 0.25) is 0 Å². The molecular formula is C12H23N3O. The van der Waals surface area contributed by atoms with Crippen LogP contribution in [0, 0.1) is 5.41 Å². The molecule has 0 radical (unpaired) electrons. The van der Waals surface area contributed by atoms with Gasteiger partial charge in [-0.1, -0.05) is 13.3 Å². The van der Waals surface area contributed by atoms with Gasteiger partial charge in [0.05, 0.1) is 0 Å². The summed E-state index contributed by atoms with van der Waals surface area (Å²) in [5.41, 5.74) is 6.88. The quantitative estimate of drug-likeness (QED) is 0.730. The minimum Gasteiger partial charge on any atom is -0.396 e. The van der Waals surface area contributed by atoms with Crippen LogP contribution in [0.25, 0.3) is 0 Å². The number of nitrogens with two attached hydrogens (primary N) is 1. The van der Waals surface area contributed by atoms with Gasteiger partial charge in [0, 0.05) is 37.5 Å². The van der Waals surface area contributed by atoms with Crippen LogP contribution in [0.1, 0.15) is 31.9 Å². The van der Waals surface area contributed by atoms with Crippen molar-refractivity contribution in [3.05, 3.63) is 18.0 Å². The second-order valence-electron chi connectivity index (χ2n) is 4.56. The minimum atomic E-state index is -0.112. The van der Waals surface area contributed by atoms with E-state index in [0.29, 0.717) is 6.54 Å². The number of hydrogen-bond acceptors (Lipinski definition) is 3. The summed E-state index contributed by atoms with van der Waals surface area (Å²) >= 11 is 0. The summed E-state index contributed by atoms with van der Waals surface area (Å²) in [6.07, 6.45) is 5.70. The van der Waals surface area contributed by atoms with E-state index >= 15 is 0 Å². The van der Waals surface area contributed by atoms with Gasteiger partial charge in [-0.2, -0.15) is 5.10 Å². The second-order valence-corrected chi connectivity index (χ2v) is 4.56. The average molecular weight is 225 g/mol. The monoisotopic (exact) mass is 225 g/mol. The third-order valence-electron chi connectivity index (χ3n) is 3.38. The Morgan fingerprint density at radius 1 is 1.50 bits per heavy atom. The van der Waals surface area contributed by atoms with Crippen LogP contribution in [0.5, 0.6) is 0 Å². The fraction of sp³-hybridized carbons (Fsp3) is 0.750. The Kier molecular flexibility index (Phi) is 4.96. The van der Waals surface area contributed by atoms with Gasteiger partial charge >= 0.3 is 0 Å². The summed E-state index contributed by atoms with van der Waals surface area (Å²) in [5.74, 6) is 0. The zero-order valence-corrected chi connectivity index (χ0v) is 10.3. The third-order valence-corrected chi connectivity index (χ3v) is 3.38. The van der Waals surface area contributed by atoms with Crippen molar-refractivity contribution in [2.24, 2.45) is 18.2 Å². The number of aliphatic hydroxyl groups is 1. The van der Waals surface area contributed by atoms with E-state index in [-0.39, 0.29) is 12.0 Å². The molecule has 1 atom stereocenters. The van der Waals surface area contributed by atoms with Crippen LogP contribution >= 0.6 is 0 Å². The highest BCUT2D eigenvalue weighted by Crippen LogP contribution is 2.28. The van der Waals surface area contributed by atoms with E-state index in [1.807, 2.05) is 17.8 Å². The first kappa shape index (κ1) is 13.2. The molecule has 0 aliphatic carbocycles. The Bertz CT molecular complexity index is 305.